The molecule has 0 radical (unpaired) electrons. The molecule has 0 unspecified atom stereocenters. The number of amides is 1. The molecule has 1 aliphatic heterocycles. The van der Waals surface area contributed by atoms with Crippen molar-refractivity contribution < 1.29 is 14.3 Å². The van der Waals surface area contributed by atoms with Crippen molar-refractivity contribution in [3.63, 3.8) is 0 Å². The van der Waals surface area contributed by atoms with Crippen LogP contribution in [-0.4, -0.2) is 66.5 Å². The molecule has 1 aromatic heterocycles. The molecule has 2 heterocycles. The Labute approximate surface area is 125 Å². The number of nitrogens with one attached hydrogen (secondary N) is 1. The summed E-state index contributed by atoms with van der Waals surface area (Å²) in [5, 5.41) is 0. The highest BCUT2D eigenvalue weighted by atomic mass is 16.5. The minimum absolute atomic E-state index is 0.00935. The first kappa shape index (κ1) is 15.6. The first-order valence-corrected chi connectivity index (χ1v) is 7.29. The quantitative estimate of drug-likeness (QED) is 0.850. The molecule has 2 rings (SSSR count). The van der Waals surface area contributed by atoms with Crippen LogP contribution in [0.4, 0.5) is 0 Å². The minimum Gasteiger partial charge on any atom is -0.461 e. The maximum atomic E-state index is 12.7. The van der Waals surface area contributed by atoms with E-state index >= 15 is 0 Å². The zero-order chi connectivity index (χ0) is 15.6. The lowest BCUT2D eigenvalue weighted by Crippen LogP contribution is -2.47. The van der Waals surface area contributed by atoms with E-state index in [4.69, 9.17) is 4.74 Å². The van der Waals surface area contributed by atoms with E-state index in [-0.39, 0.29) is 5.91 Å². The van der Waals surface area contributed by atoms with E-state index in [1.807, 2.05) is 18.9 Å². The topological polar surface area (TPSA) is 65.6 Å². The maximum Gasteiger partial charge on any atom is 0.355 e. The number of H-pyrrole nitrogens is 1. The molecule has 1 amide bonds. The smallest absolute Gasteiger partial charge is 0.355 e. The first-order chi connectivity index (χ1) is 9.95. The molecule has 0 aliphatic carbocycles. The van der Waals surface area contributed by atoms with Gasteiger partial charge in [-0.05, 0) is 33.4 Å². The normalized spacial score (nSPS) is 16.1. The number of piperazine rings is 1. The summed E-state index contributed by atoms with van der Waals surface area (Å²) in [6, 6.07) is 0. The Morgan fingerprint density at radius 2 is 1.81 bits per heavy atom. The highest BCUT2D eigenvalue weighted by Gasteiger charge is 2.27. The molecule has 0 aromatic carbocycles. The molecule has 0 bridgehead atoms. The molecule has 0 saturated carbocycles. The lowest BCUT2D eigenvalue weighted by Gasteiger charge is -2.32. The van der Waals surface area contributed by atoms with Crippen molar-refractivity contribution in [3.05, 3.63) is 22.5 Å². The van der Waals surface area contributed by atoms with Crippen LogP contribution in [0.25, 0.3) is 0 Å². The number of esters is 1. The van der Waals surface area contributed by atoms with Gasteiger partial charge in [-0.2, -0.15) is 0 Å². The summed E-state index contributed by atoms with van der Waals surface area (Å²) in [6.45, 7) is 8.87. The number of nitrogens with zero attached hydrogens (tertiary/aromatic N) is 2. The zero-order valence-electron chi connectivity index (χ0n) is 13.2. The Morgan fingerprint density at radius 1 is 1.19 bits per heavy atom. The number of rotatable bonds is 3. The van der Waals surface area contributed by atoms with Crippen LogP contribution < -0.4 is 0 Å². The van der Waals surface area contributed by atoms with Crippen molar-refractivity contribution >= 4 is 11.9 Å². The Bertz CT molecular complexity index is 543. The molecule has 116 valence electrons. The molecule has 6 heteroatoms. The Balaban J connectivity index is 2.23. The molecule has 21 heavy (non-hydrogen) atoms. The van der Waals surface area contributed by atoms with E-state index in [0.717, 1.165) is 18.8 Å². The monoisotopic (exact) mass is 293 g/mol. The summed E-state index contributed by atoms with van der Waals surface area (Å²) in [6.07, 6.45) is 0. The van der Waals surface area contributed by atoms with Crippen LogP contribution in [0, 0.1) is 13.8 Å². The van der Waals surface area contributed by atoms with Crippen molar-refractivity contribution in [1.29, 1.82) is 0 Å². The molecule has 1 aliphatic rings. The second kappa shape index (κ2) is 6.30. The van der Waals surface area contributed by atoms with Gasteiger partial charge in [0.15, 0.2) is 0 Å². The van der Waals surface area contributed by atoms with E-state index in [1.165, 1.54) is 0 Å². The molecule has 1 saturated heterocycles. The number of carbonyl (C=O) groups is 2. The standard InChI is InChI=1S/C15H23N3O3/c1-5-21-15(20)13-10(2)12(11(3)16-13)14(19)18-8-6-17(4)7-9-18/h16H,5-9H2,1-4H3. The second-order valence-electron chi connectivity index (χ2n) is 5.44. The van der Waals surface area contributed by atoms with Gasteiger partial charge < -0.3 is 19.5 Å². The van der Waals surface area contributed by atoms with Gasteiger partial charge in [-0.1, -0.05) is 0 Å². The summed E-state index contributed by atoms with van der Waals surface area (Å²) in [4.78, 5) is 31.6. The lowest BCUT2D eigenvalue weighted by molar-refractivity contribution is 0.0519. The highest BCUT2D eigenvalue weighted by molar-refractivity contribution is 6.01. The molecular weight excluding hydrogens is 270 g/mol. The third kappa shape index (κ3) is 3.10. The van der Waals surface area contributed by atoms with Crippen LogP contribution in [0.2, 0.25) is 0 Å². The number of aromatic amines is 1. The van der Waals surface area contributed by atoms with Gasteiger partial charge in [-0.3, -0.25) is 4.79 Å². The van der Waals surface area contributed by atoms with E-state index in [2.05, 4.69) is 9.88 Å². The second-order valence-corrected chi connectivity index (χ2v) is 5.44. The number of likely N-dealkylation sites (N-methyl/N-ethyl adjacent to an activating group) is 1. The molecule has 0 spiro atoms. The minimum atomic E-state index is -0.407. The highest BCUT2D eigenvalue weighted by Crippen LogP contribution is 2.21. The summed E-state index contributed by atoms with van der Waals surface area (Å²) in [7, 11) is 2.05. The largest absolute Gasteiger partial charge is 0.461 e. The van der Waals surface area contributed by atoms with Gasteiger partial charge in [0, 0.05) is 31.9 Å². The van der Waals surface area contributed by atoms with Crippen molar-refractivity contribution in [2.24, 2.45) is 0 Å². The van der Waals surface area contributed by atoms with Crippen molar-refractivity contribution in [3.8, 4) is 0 Å². The van der Waals surface area contributed by atoms with Crippen LogP contribution >= 0.6 is 0 Å². The molecule has 1 fully saturated rings. The number of aryl methyl sites for hydroxylation is 1. The fourth-order valence-corrected chi connectivity index (χ4v) is 2.65. The number of carbonyl (C=O) groups excluding carboxylic acids is 2. The van der Waals surface area contributed by atoms with Crippen molar-refractivity contribution in [2.75, 3.05) is 39.8 Å². The summed E-state index contributed by atoms with van der Waals surface area (Å²) < 4.78 is 5.01. The average Bonchev–Trinajstić information content (AvgIpc) is 2.74. The third-order valence-corrected chi connectivity index (χ3v) is 3.92. The van der Waals surface area contributed by atoms with Crippen LogP contribution in [0.15, 0.2) is 0 Å². The van der Waals surface area contributed by atoms with Crippen LogP contribution in [0.1, 0.15) is 39.0 Å². The van der Waals surface area contributed by atoms with Gasteiger partial charge in [0.1, 0.15) is 5.69 Å². The van der Waals surface area contributed by atoms with Crippen molar-refractivity contribution in [2.45, 2.75) is 20.8 Å². The summed E-state index contributed by atoms with van der Waals surface area (Å²) >= 11 is 0. The Hall–Kier alpha value is -1.82. The predicted octanol–water partition coefficient (Wildman–Crippen LogP) is 1.20. The molecule has 1 N–H and O–H groups in total. The number of ether oxygens (including phenoxy) is 1. The van der Waals surface area contributed by atoms with Gasteiger partial charge in [0.05, 0.1) is 12.2 Å². The Morgan fingerprint density at radius 3 is 2.38 bits per heavy atom. The Kier molecular flexibility index (Phi) is 4.67. The van der Waals surface area contributed by atoms with Gasteiger partial charge in [-0.15, -0.1) is 0 Å². The fraction of sp³-hybridized carbons (Fsp3) is 0.600. The van der Waals surface area contributed by atoms with E-state index in [1.54, 1.807) is 13.8 Å². The molecular formula is C15H23N3O3. The van der Waals surface area contributed by atoms with Gasteiger partial charge in [0.25, 0.3) is 5.91 Å². The predicted molar refractivity (Wildman–Crippen MR) is 79.6 cm³/mol. The van der Waals surface area contributed by atoms with Crippen LogP contribution in [0.5, 0.6) is 0 Å². The van der Waals surface area contributed by atoms with Gasteiger partial charge in [-0.25, -0.2) is 4.79 Å². The number of hydrogen-bond acceptors (Lipinski definition) is 4. The molecule has 0 atom stereocenters. The lowest BCUT2D eigenvalue weighted by atomic mass is 10.1. The maximum absolute atomic E-state index is 12.7. The number of hydrogen-bond donors (Lipinski definition) is 1. The van der Waals surface area contributed by atoms with E-state index < -0.39 is 5.97 Å². The summed E-state index contributed by atoms with van der Waals surface area (Å²) in [5.74, 6) is -0.416. The van der Waals surface area contributed by atoms with Crippen LogP contribution in [-0.2, 0) is 4.74 Å². The molecule has 1 aromatic rings. The zero-order valence-corrected chi connectivity index (χ0v) is 13.2. The van der Waals surface area contributed by atoms with Crippen LogP contribution in [0.3, 0.4) is 0 Å². The molecule has 6 nitrogen and oxygen atoms in total. The third-order valence-electron chi connectivity index (χ3n) is 3.92. The number of aromatic nitrogens is 1. The SMILES string of the molecule is CCOC(=O)c1[nH]c(C)c(C(=O)N2CCN(C)CC2)c1C. The van der Waals surface area contributed by atoms with Gasteiger partial charge >= 0.3 is 5.97 Å². The van der Waals surface area contributed by atoms with Crippen molar-refractivity contribution in [1.82, 2.24) is 14.8 Å². The first-order valence-electron chi connectivity index (χ1n) is 7.29. The average molecular weight is 293 g/mol. The van der Waals surface area contributed by atoms with E-state index in [0.29, 0.717) is 36.5 Å². The summed E-state index contributed by atoms with van der Waals surface area (Å²) in [5.41, 5.74) is 2.38. The van der Waals surface area contributed by atoms with Gasteiger partial charge in [0.2, 0.25) is 0 Å². The fourth-order valence-electron chi connectivity index (χ4n) is 2.65. The van der Waals surface area contributed by atoms with E-state index in [9.17, 15) is 9.59 Å².